The van der Waals surface area contributed by atoms with E-state index in [0.29, 0.717) is 0 Å². The molecule has 2 unspecified atom stereocenters. The lowest BCUT2D eigenvalue weighted by molar-refractivity contribution is -0.150. The van der Waals surface area contributed by atoms with E-state index in [9.17, 15) is 19.8 Å². The Bertz CT molecular complexity index is 376. The summed E-state index contributed by atoms with van der Waals surface area (Å²) in [5, 5.41) is 18.8. The Balaban J connectivity index is 1.88. The van der Waals surface area contributed by atoms with Crippen LogP contribution in [-0.2, 0) is 9.59 Å². The Morgan fingerprint density at radius 2 is 1.86 bits per heavy atom. The van der Waals surface area contributed by atoms with E-state index < -0.39 is 18.1 Å². The zero-order valence-corrected chi connectivity index (χ0v) is 12.8. The molecule has 1 aliphatic carbocycles. The summed E-state index contributed by atoms with van der Waals surface area (Å²) in [4.78, 5) is 25.1. The molecule has 0 spiro atoms. The number of aliphatic hydroxyl groups is 1. The predicted octanol–water partition coefficient (Wildman–Crippen LogP) is 2.03. The van der Waals surface area contributed by atoms with Gasteiger partial charge in [0, 0.05) is 18.9 Å². The molecule has 21 heavy (non-hydrogen) atoms. The van der Waals surface area contributed by atoms with Gasteiger partial charge in [0.1, 0.15) is 6.04 Å². The van der Waals surface area contributed by atoms with Gasteiger partial charge in [-0.05, 0) is 31.6 Å². The second-order valence-electron chi connectivity index (χ2n) is 6.59. The van der Waals surface area contributed by atoms with Crippen molar-refractivity contribution in [3.05, 3.63) is 0 Å². The minimum Gasteiger partial charge on any atom is -0.480 e. The summed E-state index contributed by atoms with van der Waals surface area (Å²) in [5.74, 6) is -0.382. The fourth-order valence-electron chi connectivity index (χ4n) is 3.72. The third kappa shape index (κ3) is 3.96. The van der Waals surface area contributed by atoms with Crippen molar-refractivity contribution >= 4 is 11.9 Å². The van der Waals surface area contributed by atoms with E-state index in [1.807, 2.05) is 0 Å². The molecule has 0 radical (unpaired) electrons. The van der Waals surface area contributed by atoms with Crippen molar-refractivity contribution in [3.8, 4) is 0 Å². The van der Waals surface area contributed by atoms with Crippen LogP contribution in [0.3, 0.4) is 0 Å². The van der Waals surface area contributed by atoms with Crippen LogP contribution < -0.4 is 0 Å². The molecule has 1 aliphatic heterocycles. The molecular formula is C16H27NO4. The molecule has 0 aromatic rings. The molecule has 5 nitrogen and oxygen atoms in total. The molecule has 0 aromatic carbocycles. The normalized spacial score (nSPS) is 33.1. The second kappa shape index (κ2) is 7.25. The van der Waals surface area contributed by atoms with Crippen molar-refractivity contribution in [1.29, 1.82) is 0 Å². The van der Waals surface area contributed by atoms with Gasteiger partial charge in [0.15, 0.2) is 0 Å². The summed E-state index contributed by atoms with van der Waals surface area (Å²) >= 11 is 0. The highest BCUT2D eigenvalue weighted by Crippen LogP contribution is 2.34. The number of carbonyl (C=O) groups is 2. The number of nitrogens with zero attached hydrogens (tertiary/aromatic N) is 1. The van der Waals surface area contributed by atoms with Gasteiger partial charge in [-0.25, -0.2) is 4.79 Å². The summed E-state index contributed by atoms with van der Waals surface area (Å²) in [6.45, 7) is 2.37. The highest BCUT2D eigenvalue weighted by atomic mass is 16.4. The average molecular weight is 297 g/mol. The van der Waals surface area contributed by atoms with E-state index in [-0.39, 0.29) is 24.8 Å². The Kier molecular flexibility index (Phi) is 5.62. The number of likely N-dealkylation sites (tertiary alicyclic amines) is 1. The van der Waals surface area contributed by atoms with Crippen molar-refractivity contribution in [2.75, 3.05) is 6.54 Å². The first-order chi connectivity index (χ1) is 10.0. The van der Waals surface area contributed by atoms with Crippen LogP contribution >= 0.6 is 0 Å². The first-order valence-corrected chi connectivity index (χ1v) is 8.24. The molecule has 5 heteroatoms. The number of aliphatic carboxylic acids is 1. The molecule has 120 valence electrons. The number of β-amino-alcohol motifs (C(OH)–C–C–N with tert-alkyl or cyclic N) is 1. The number of carbonyl (C=O) groups excluding carboxylic acids is 1. The van der Waals surface area contributed by atoms with Crippen LogP contribution in [0.25, 0.3) is 0 Å². The molecule has 0 aromatic heterocycles. The molecule has 2 fully saturated rings. The number of carboxylic acids is 1. The number of unbranched alkanes of at least 4 members (excludes halogenated alkanes) is 1. The molecule has 2 atom stereocenters. The fraction of sp³-hybridized carbons (Fsp3) is 0.875. The van der Waals surface area contributed by atoms with Gasteiger partial charge < -0.3 is 15.1 Å². The van der Waals surface area contributed by atoms with Crippen LogP contribution in [0.4, 0.5) is 0 Å². The summed E-state index contributed by atoms with van der Waals surface area (Å²) < 4.78 is 0. The van der Waals surface area contributed by atoms with E-state index >= 15 is 0 Å². The first kappa shape index (κ1) is 16.3. The highest BCUT2D eigenvalue weighted by Gasteiger charge is 2.41. The number of amides is 1. The second-order valence-corrected chi connectivity index (χ2v) is 6.59. The minimum absolute atomic E-state index is 0.0463. The molecule has 1 saturated carbocycles. The van der Waals surface area contributed by atoms with Crippen LogP contribution in [0.2, 0.25) is 0 Å². The number of carboxylic acid groups (broad SMARTS) is 1. The number of rotatable bonds is 5. The van der Waals surface area contributed by atoms with Gasteiger partial charge in [-0.3, -0.25) is 4.79 Å². The third-order valence-corrected chi connectivity index (χ3v) is 5.01. The molecule has 2 aliphatic rings. The van der Waals surface area contributed by atoms with Crippen LogP contribution in [-0.4, -0.2) is 45.7 Å². The van der Waals surface area contributed by atoms with Gasteiger partial charge in [0.2, 0.25) is 5.91 Å². The molecule has 1 saturated heterocycles. The topological polar surface area (TPSA) is 77.8 Å². The standard InChI is InChI=1S/C16H27NO4/c1-2-3-4-11-5-7-12(8-6-11)15(19)17-10-13(18)9-14(17)16(20)21/h11-14,18H,2-10H2,1H3,(H,20,21). The smallest absolute Gasteiger partial charge is 0.326 e. The van der Waals surface area contributed by atoms with Crippen LogP contribution in [0.5, 0.6) is 0 Å². The summed E-state index contributed by atoms with van der Waals surface area (Å²) in [5.41, 5.74) is 0. The maximum absolute atomic E-state index is 12.5. The van der Waals surface area contributed by atoms with Gasteiger partial charge >= 0.3 is 5.97 Å². The molecule has 2 rings (SSSR count). The summed E-state index contributed by atoms with van der Waals surface area (Å²) in [6, 6.07) is -0.842. The van der Waals surface area contributed by atoms with Gasteiger partial charge in [0.05, 0.1) is 6.10 Å². The Morgan fingerprint density at radius 1 is 1.19 bits per heavy atom. The van der Waals surface area contributed by atoms with Gasteiger partial charge in [0.25, 0.3) is 0 Å². The lowest BCUT2D eigenvalue weighted by atomic mass is 9.79. The summed E-state index contributed by atoms with van der Waals surface area (Å²) in [7, 11) is 0. The molecule has 1 heterocycles. The average Bonchev–Trinajstić information content (AvgIpc) is 2.87. The van der Waals surface area contributed by atoms with E-state index in [1.54, 1.807) is 0 Å². The van der Waals surface area contributed by atoms with Crippen molar-refractivity contribution < 1.29 is 19.8 Å². The third-order valence-electron chi connectivity index (χ3n) is 5.01. The van der Waals surface area contributed by atoms with E-state index in [0.717, 1.165) is 31.6 Å². The SMILES string of the molecule is CCCCC1CCC(C(=O)N2CC(O)CC2C(=O)O)CC1. The maximum Gasteiger partial charge on any atom is 0.326 e. The Morgan fingerprint density at radius 3 is 2.43 bits per heavy atom. The largest absolute Gasteiger partial charge is 0.480 e. The molecule has 0 bridgehead atoms. The Hall–Kier alpha value is -1.10. The first-order valence-electron chi connectivity index (χ1n) is 8.24. The van der Waals surface area contributed by atoms with Crippen molar-refractivity contribution in [2.45, 2.75) is 70.4 Å². The maximum atomic E-state index is 12.5. The van der Waals surface area contributed by atoms with Crippen LogP contribution in [0, 0.1) is 11.8 Å². The zero-order chi connectivity index (χ0) is 15.4. The van der Waals surface area contributed by atoms with Gasteiger partial charge in [-0.15, -0.1) is 0 Å². The lowest BCUT2D eigenvalue weighted by Crippen LogP contribution is -2.44. The van der Waals surface area contributed by atoms with Crippen molar-refractivity contribution in [3.63, 3.8) is 0 Å². The Labute approximate surface area is 126 Å². The quantitative estimate of drug-likeness (QED) is 0.814. The van der Waals surface area contributed by atoms with Crippen molar-refractivity contribution in [1.82, 2.24) is 4.90 Å². The van der Waals surface area contributed by atoms with Crippen LogP contribution in [0.1, 0.15) is 58.3 Å². The summed E-state index contributed by atoms with van der Waals surface area (Å²) in [6.07, 6.45) is 7.06. The predicted molar refractivity (Wildman–Crippen MR) is 78.7 cm³/mol. The number of hydrogen-bond acceptors (Lipinski definition) is 3. The van der Waals surface area contributed by atoms with Crippen LogP contribution in [0.15, 0.2) is 0 Å². The lowest BCUT2D eigenvalue weighted by Gasteiger charge is -2.32. The van der Waals surface area contributed by atoms with Crippen molar-refractivity contribution in [2.24, 2.45) is 11.8 Å². The van der Waals surface area contributed by atoms with E-state index in [1.165, 1.54) is 24.2 Å². The molecular weight excluding hydrogens is 270 g/mol. The zero-order valence-electron chi connectivity index (χ0n) is 12.8. The molecule has 1 amide bonds. The minimum atomic E-state index is -1.00. The molecule has 2 N–H and O–H groups in total. The van der Waals surface area contributed by atoms with Gasteiger partial charge in [-0.2, -0.15) is 0 Å². The number of aliphatic hydroxyl groups excluding tert-OH is 1. The van der Waals surface area contributed by atoms with Gasteiger partial charge in [-0.1, -0.05) is 26.2 Å². The highest BCUT2D eigenvalue weighted by molar-refractivity contribution is 5.85. The fourth-order valence-corrected chi connectivity index (χ4v) is 3.72. The monoisotopic (exact) mass is 297 g/mol. The van der Waals surface area contributed by atoms with E-state index in [2.05, 4.69) is 6.92 Å². The van der Waals surface area contributed by atoms with E-state index in [4.69, 9.17) is 0 Å². The number of hydrogen-bond donors (Lipinski definition) is 2.